The molecule has 6 nitrogen and oxygen atoms in total. The van der Waals surface area contributed by atoms with E-state index in [2.05, 4.69) is 4.98 Å². The molecule has 4 rings (SSSR count). The molecule has 3 aromatic rings. The Balaban J connectivity index is 1.82. The van der Waals surface area contributed by atoms with Gasteiger partial charge in [0.1, 0.15) is 0 Å². The van der Waals surface area contributed by atoms with Crippen molar-refractivity contribution in [2.75, 3.05) is 27.3 Å². The number of carbonyl (C=O) groups is 1. The second-order valence-corrected chi connectivity index (χ2v) is 7.81. The van der Waals surface area contributed by atoms with Crippen LogP contribution in [0.15, 0.2) is 42.5 Å². The minimum atomic E-state index is -4.40. The van der Waals surface area contributed by atoms with Crippen molar-refractivity contribution in [2.24, 2.45) is 0 Å². The number of hydrogen-bond acceptors (Lipinski definition) is 3. The Morgan fingerprint density at radius 2 is 1.82 bits per heavy atom. The molecule has 2 heterocycles. The van der Waals surface area contributed by atoms with Crippen LogP contribution in [0, 0.1) is 0 Å². The molecule has 2 aromatic carbocycles. The lowest BCUT2D eigenvalue weighted by molar-refractivity contribution is -0.126. The van der Waals surface area contributed by atoms with Gasteiger partial charge < -0.3 is 24.5 Å². The minimum Gasteiger partial charge on any atom is -0.493 e. The Labute approximate surface area is 188 Å². The number of amides is 1. The Morgan fingerprint density at radius 3 is 2.42 bits per heavy atom. The molecule has 0 saturated carbocycles. The van der Waals surface area contributed by atoms with Gasteiger partial charge in [-0.15, -0.1) is 0 Å². The van der Waals surface area contributed by atoms with Crippen LogP contribution in [-0.2, 0) is 6.42 Å². The van der Waals surface area contributed by atoms with E-state index < -0.39 is 18.7 Å². The predicted molar refractivity (Wildman–Crippen MR) is 119 cm³/mol. The number of carboxylic acid groups (broad SMARTS) is 1. The molecular formula is C24H23F3N2O4. The van der Waals surface area contributed by atoms with Crippen molar-refractivity contribution in [1.82, 2.24) is 9.88 Å². The zero-order chi connectivity index (χ0) is 23.8. The number of aromatic amines is 1. The lowest BCUT2D eigenvalue weighted by atomic mass is 9.96. The Bertz CT molecular complexity index is 1230. The number of nitrogens with one attached hydrogen (secondary N) is 1. The Morgan fingerprint density at radius 1 is 1.09 bits per heavy atom. The number of rotatable bonds is 5. The molecule has 0 fully saturated rings. The molecule has 0 unspecified atom stereocenters. The quantitative estimate of drug-likeness (QED) is 0.510. The first-order valence-corrected chi connectivity index (χ1v) is 10.3. The fourth-order valence-electron chi connectivity index (χ4n) is 4.17. The number of methoxy groups -OCH3 is 2. The zero-order valence-corrected chi connectivity index (χ0v) is 18.1. The minimum absolute atomic E-state index is 0.148. The van der Waals surface area contributed by atoms with Gasteiger partial charge in [-0.1, -0.05) is 12.1 Å². The summed E-state index contributed by atoms with van der Waals surface area (Å²) in [5, 5.41) is 9.61. The third-order valence-electron chi connectivity index (χ3n) is 5.81. The van der Waals surface area contributed by atoms with Gasteiger partial charge in [-0.3, -0.25) is 0 Å². The Hall–Kier alpha value is -3.62. The van der Waals surface area contributed by atoms with E-state index in [0.717, 1.165) is 11.1 Å². The first-order chi connectivity index (χ1) is 15.7. The molecule has 1 amide bonds. The van der Waals surface area contributed by atoms with Crippen molar-refractivity contribution >= 4 is 22.6 Å². The largest absolute Gasteiger partial charge is 0.493 e. The number of hydrogen-bond donors (Lipinski definition) is 2. The molecule has 174 valence electrons. The number of fused-ring (bicyclic) bond motifs is 1. The average Bonchev–Trinajstić information content (AvgIpc) is 3.14. The summed E-state index contributed by atoms with van der Waals surface area (Å²) in [4.78, 5) is 15.6. The highest BCUT2D eigenvalue weighted by atomic mass is 19.4. The number of nitrogens with zero attached hydrogens (tertiary/aromatic N) is 1. The molecule has 1 aliphatic heterocycles. The van der Waals surface area contributed by atoms with Crippen molar-refractivity contribution in [3.05, 3.63) is 53.6 Å². The molecule has 0 saturated heterocycles. The van der Waals surface area contributed by atoms with Crippen molar-refractivity contribution < 1.29 is 32.5 Å². The Kier molecular flexibility index (Phi) is 5.97. The molecule has 0 bridgehead atoms. The fraction of sp³-hybridized carbons (Fsp3) is 0.292. The van der Waals surface area contributed by atoms with Gasteiger partial charge in [0.25, 0.3) is 0 Å². The van der Waals surface area contributed by atoms with Gasteiger partial charge in [-0.2, -0.15) is 13.2 Å². The van der Waals surface area contributed by atoms with E-state index in [1.165, 1.54) is 19.1 Å². The number of benzene rings is 2. The molecule has 0 spiro atoms. The first kappa shape index (κ1) is 22.6. The normalized spacial score (nSPS) is 14.3. The lowest BCUT2D eigenvalue weighted by Gasteiger charge is -2.23. The van der Waals surface area contributed by atoms with Crippen LogP contribution in [0.2, 0.25) is 0 Å². The molecule has 2 N–H and O–H groups in total. The van der Waals surface area contributed by atoms with Crippen LogP contribution in [0.25, 0.3) is 27.7 Å². The van der Waals surface area contributed by atoms with Crippen LogP contribution >= 0.6 is 0 Å². The number of ether oxygens (including phenoxy) is 2. The standard InChI is InChI=1S/C24H23F3N2O4/c1-32-20-6-4-16(12-21(20)33-2)22-18(13-24(25,26)27)17-11-15(3-5-19(17)28-22)14-7-9-29(10-8-14)23(30)31/h3-7,11-12,28H,8-10,13H2,1-2H3,(H,30,31). The summed E-state index contributed by atoms with van der Waals surface area (Å²) < 4.78 is 51.2. The smallest absolute Gasteiger partial charge is 0.407 e. The van der Waals surface area contributed by atoms with E-state index in [9.17, 15) is 18.0 Å². The van der Waals surface area contributed by atoms with Crippen LogP contribution in [0.3, 0.4) is 0 Å². The molecule has 0 aliphatic carbocycles. The highest BCUT2D eigenvalue weighted by Crippen LogP contribution is 2.39. The van der Waals surface area contributed by atoms with Crippen LogP contribution < -0.4 is 9.47 Å². The summed E-state index contributed by atoms with van der Waals surface area (Å²) in [6.07, 6.45) is -4.17. The van der Waals surface area contributed by atoms with Gasteiger partial charge in [-0.05, 0) is 53.5 Å². The van der Waals surface area contributed by atoms with Gasteiger partial charge in [0.15, 0.2) is 11.5 Å². The maximum Gasteiger partial charge on any atom is 0.407 e. The highest BCUT2D eigenvalue weighted by molar-refractivity contribution is 5.93. The molecule has 1 aliphatic rings. The second kappa shape index (κ2) is 8.73. The summed E-state index contributed by atoms with van der Waals surface area (Å²) in [5.74, 6) is 0.902. The number of alkyl halides is 3. The molecule has 1 aromatic heterocycles. The van der Waals surface area contributed by atoms with Crippen molar-refractivity contribution in [2.45, 2.75) is 19.0 Å². The first-order valence-electron chi connectivity index (χ1n) is 10.3. The molecular weight excluding hydrogens is 437 g/mol. The maximum absolute atomic E-state index is 13.5. The zero-order valence-electron chi connectivity index (χ0n) is 18.1. The van der Waals surface area contributed by atoms with Crippen molar-refractivity contribution in [3.63, 3.8) is 0 Å². The fourth-order valence-corrected chi connectivity index (χ4v) is 4.17. The molecule has 0 atom stereocenters. The summed E-state index contributed by atoms with van der Waals surface area (Å²) in [6.45, 7) is 0.598. The predicted octanol–water partition coefficient (Wildman–Crippen LogP) is 5.72. The third-order valence-corrected chi connectivity index (χ3v) is 5.81. The van der Waals surface area contributed by atoms with Crippen LogP contribution in [0.1, 0.15) is 17.5 Å². The molecule has 9 heteroatoms. The van der Waals surface area contributed by atoms with Gasteiger partial charge >= 0.3 is 12.3 Å². The topological polar surface area (TPSA) is 74.8 Å². The highest BCUT2D eigenvalue weighted by Gasteiger charge is 2.31. The maximum atomic E-state index is 13.5. The second-order valence-electron chi connectivity index (χ2n) is 7.81. The lowest BCUT2D eigenvalue weighted by Crippen LogP contribution is -2.33. The number of halogens is 3. The molecule has 33 heavy (non-hydrogen) atoms. The summed E-state index contributed by atoms with van der Waals surface area (Å²) in [6, 6.07) is 10.4. The molecule has 0 radical (unpaired) electrons. The third kappa shape index (κ3) is 4.62. The number of aromatic nitrogens is 1. The van der Waals surface area contributed by atoms with E-state index in [4.69, 9.17) is 14.6 Å². The van der Waals surface area contributed by atoms with Crippen molar-refractivity contribution in [1.29, 1.82) is 0 Å². The van der Waals surface area contributed by atoms with Crippen LogP contribution in [-0.4, -0.2) is 54.6 Å². The number of H-pyrrole nitrogens is 1. The van der Waals surface area contributed by atoms with Gasteiger partial charge in [0, 0.05) is 29.6 Å². The average molecular weight is 460 g/mol. The summed E-state index contributed by atoms with van der Waals surface area (Å²) in [7, 11) is 2.96. The summed E-state index contributed by atoms with van der Waals surface area (Å²) >= 11 is 0. The summed E-state index contributed by atoms with van der Waals surface area (Å²) in [5.41, 5.74) is 3.37. The van der Waals surface area contributed by atoms with Gasteiger partial charge in [0.2, 0.25) is 0 Å². The van der Waals surface area contributed by atoms with Crippen molar-refractivity contribution in [3.8, 4) is 22.8 Å². The van der Waals surface area contributed by atoms with Gasteiger partial charge in [0.05, 0.1) is 26.3 Å². The van der Waals surface area contributed by atoms with Crippen LogP contribution in [0.5, 0.6) is 11.5 Å². The SMILES string of the molecule is COc1ccc(-c2[nH]c3ccc(C4=CCN(C(=O)O)CC4)cc3c2CC(F)(F)F)cc1OC. The van der Waals surface area contributed by atoms with E-state index >= 15 is 0 Å². The van der Waals surface area contributed by atoms with E-state index in [1.807, 2.05) is 12.1 Å². The van der Waals surface area contributed by atoms with Crippen LogP contribution in [0.4, 0.5) is 18.0 Å². The van der Waals surface area contributed by atoms with E-state index in [0.29, 0.717) is 46.6 Å². The monoisotopic (exact) mass is 460 g/mol. The van der Waals surface area contributed by atoms with E-state index in [1.54, 1.807) is 30.3 Å². The van der Waals surface area contributed by atoms with Gasteiger partial charge in [-0.25, -0.2) is 4.79 Å². The van der Waals surface area contributed by atoms with E-state index in [-0.39, 0.29) is 12.1 Å².